The van der Waals surface area contributed by atoms with E-state index in [2.05, 4.69) is 33.0 Å². The van der Waals surface area contributed by atoms with Crippen LogP contribution in [-0.2, 0) is 0 Å². The number of ether oxygens (including phenoxy) is 1. The van der Waals surface area contributed by atoms with Gasteiger partial charge in [0.05, 0.1) is 11.4 Å². The van der Waals surface area contributed by atoms with Crippen molar-refractivity contribution in [2.75, 3.05) is 33.0 Å². The van der Waals surface area contributed by atoms with Crippen LogP contribution in [0.15, 0.2) is 76.1 Å². The maximum atomic E-state index is 8.63. The molecule has 0 spiro atoms. The van der Waals surface area contributed by atoms with Crippen molar-refractivity contribution in [3.8, 4) is 5.75 Å². The number of nitrogens with zero attached hydrogens (tertiary/aromatic N) is 3. The average Bonchev–Trinajstić information content (AvgIpc) is 2.78. The van der Waals surface area contributed by atoms with E-state index in [0.717, 1.165) is 41.2 Å². The second-order valence-corrected chi connectivity index (χ2v) is 7.91. The monoisotopic (exact) mass is 432 g/mol. The molecule has 1 unspecified atom stereocenters. The van der Waals surface area contributed by atoms with Crippen LogP contribution in [0.3, 0.4) is 0 Å². The summed E-state index contributed by atoms with van der Waals surface area (Å²) in [5.74, 6) is 1.29. The van der Waals surface area contributed by atoms with Crippen molar-refractivity contribution in [1.82, 2.24) is 10.2 Å². The van der Waals surface area contributed by atoms with Crippen LogP contribution in [0, 0.1) is 5.41 Å². The quantitative estimate of drug-likeness (QED) is 0.574. The number of nitrogens with one attached hydrogen (secondary N) is 3. The minimum Gasteiger partial charge on any atom is -0.484 e. The van der Waals surface area contributed by atoms with E-state index in [0.29, 0.717) is 17.3 Å². The molecule has 32 heavy (non-hydrogen) atoms. The van der Waals surface area contributed by atoms with Crippen molar-refractivity contribution in [1.29, 1.82) is 5.41 Å². The molecule has 0 fully saturated rings. The lowest BCUT2D eigenvalue weighted by molar-refractivity contribution is 0.196. The van der Waals surface area contributed by atoms with E-state index in [4.69, 9.17) is 10.1 Å². The Labute approximate surface area is 190 Å². The molecule has 1 heterocycles. The van der Waals surface area contributed by atoms with E-state index in [1.54, 1.807) is 4.90 Å². The molecule has 0 aliphatic carbocycles. The number of para-hydroxylation sites is 2. The van der Waals surface area contributed by atoms with Crippen molar-refractivity contribution >= 4 is 22.9 Å². The van der Waals surface area contributed by atoms with Crippen molar-refractivity contribution in [2.24, 2.45) is 10.2 Å². The summed E-state index contributed by atoms with van der Waals surface area (Å²) in [6.45, 7) is 4.67. The SMILES string of the molecule is CNCCC(Oc1ccccc1N/C(C)=C1\C(=N)C(N(C)C)=NN=C1C)c1ccccc1. The van der Waals surface area contributed by atoms with Crippen molar-refractivity contribution in [3.05, 3.63) is 71.4 Å². The molecule has 7 nitrogen and oxygen atoms in total. The molecule has 0 amide bonds. The van der Waals surface area contributed by atoms with Gasteiger partial charge in [-0.05, 0) is 45.1 Å². The summed E-state index contributed by atoms with van der Waals surface area (Å²) in [5, 5.41) is 23.7. The first-order valence-electron chi connectivity index (χ1n) is 10.7. The normalized spacial score (nSPS) is 16.1. The third kappa shape index (κ3) is 5.42. The summed E-state index contributed by atoms with van der Waals surface area (Å²) in [7, 11) is 5.67. The number of hydrogen-bond donors (Lipinski definition) is 3. The highest BCUT2D eigenvalue weighted by Gasteiger charge is 2.24. The Morgan fingerprint density at radius 3 is 2.44 bits per heavy atom. The number of allylic oxidation sites excluding steroid dienone is 1. The van der Waals surface area contributed by atoms with Gasteiger partial charge in [-0.2, -0.15) is 5.10 Å². The smallest absolute Gasteiger partial charge is 0.176 e. The molecular weight excluding hydrogens is 400 g/mol. The largest absolute Gasteiger partial charge is 0.484 e. The van der Waals surface area contributed by atoms with Gasteiger partial charge in [-0.25, -0.2) is 0 Å². The van der Waals surface area contributed by atoms with Crippen molar-refractivity contribution < 1.29 is 4.74 Å². The Morgan fingerprint density at radius 2 is 1.75 bits per heavy atom. The van der Waals surface area contributed by atoms with Crippen LogP contribution in [0.25, 0.3) is 0 Å². The lowest BCUT2D eigenvalue weighted by Gasteiger charge is -2.24. The molecule has 2 aromatic carbocycles. The first-order chi connectivity index (χ1) is 15.4. The standard InChI is InChI=1S/C25H32N6O/c1-17(23-18(2)29-30-25(24(23)26)31(4)5)28-20-13-9-10-14-22(20)32-21(15-16-27-3)19-11-7-6-8-12-19/h6-14,21,26-28H,15-16H2,1-5H3/b23-17-,26-24?. The van der Waals surface area contributed by atoms with Crippen LogP contribution in [0.2, 0.25) is 0 Å². The summed E-state index contributed by atoms with van der Waals surface area (Å²) < 4.78 is 6.49. The third-order valence-corrected chi connectivity index (χ3v) is 5.24. The molecule has 0 aromatic heterocycles. The third-order valence-electron chi connectivity index (χ3n) is 5.24. The fourth-order valence-electron chi connectivity index (χ4n) is 3.61. The van der Waals surface area contributed by atoms with Gasteiger partial charge in [-0.15, -0.1) is 5.10 Å². The lowest BCUT2D eigenvalue weighted by atomic mass is 10.0. The Balaban J connectivity index is 1.89. The van der Waals surface area contributed by atoms with E-state index >= 15 is 0 Å². The highest BCUT2D eigenvalue weighted by atomic mass is 16.5. The number of anilines is 1. The highest BCUT2D eigenvalue weighted by Crippen LogP contribution is 2.32. The molecule has 0 saturated heterocycles. The first kappa shape index (κ1) is 23.2. The van der Waals surface area contributed by atoms with Gasteiger partial charge >= 0.3 is 0 Å². The Hall–Kier alpha value is -3.45. The average molecular weight is 433 g/mol. The fourth-order valence-corrected chi connectivity index (χ4v) is 3.61. The Morgan fingerprint density at radius 1 is 1.06 bits per heavy atom. The predicted molar refractivity (Wildman–Crippen MR) is 133 cm³/mol. The number of amidine groups is 1. The molecule has 1 atom stereocenters. The van der Waals surface area contributed by atoms with Gasteiger partial charge in [0.15, 0.2) is 5.84 Å². The van der Waals surface area contributed by atoms with Crippen LogP contribution in [0.4, 0.5) is 5.69 Å². The molecule has 3 rings (SSSR count). The van der Waals surface area contributed by atoms with E-state index in [9.17, 15) is 0 Å². The second-order valence-electron chi connectivity index (χ2n) is 7.91. The summed E-state index contributed by atoms with van der Waals surface area (Å²) in [4.78, 5) is 1.80. The van der Waals surface area contributed by atoms with Gasteiger partial charge in [0.2, 0.25) is 0 Å². The van der Waals surface area contributed by atoms with Crippen molar-refractivity contribution in [2.45, 2.75) is 26.4 Å². The molecule has 2 aromatic rings. The summed E-state index contributed by atoms with van der Waals surface area (Å²) in [6.07, 6.45) is 0.761. The van der Waals surface area contributed by atoms with Crippen LogP contribution < -0.4 is 15.4 Å². The Bertz CT molecular complexity index is 1040. The topological polar surface area (TPSA) is 85.1 Å². The molecule has 1 aliphatic rings. The van der Waals surface area contributed by atoms with Gasteiger partial charge in [0.25, 0.3) is 0 Å². The number of rotatable bonds is 8. The molecule has 0 saturated carbocycles. The zero-order valence-corrected chi connectivity index (χ0v) is 19.4. The lowest BCUT2D eigenvalue weighted by Crippen LogP contribution is -2.35. The molecule has 3 N–H and O–H groups in total. The van der Waals surface area contributed by atoms with Crippen LogP contribution in [0.1, 0.15) is 31.9 Å². The second kappa shape index (κ2) is 10.7. The van der Waals surface area contributed by atoms with E-state index in [-0.39, 0.29) is 6.10 Å². The van der Waals surface area contributed by atoms with Gasteiger partial charge in [-0.1, -0.05) is 42.5 Å². The van der Waals surface area contributed by atoms with Gasteiger partial charge < -0.3 is 20.3 Å². The molecule has 0 radical (unpaired) electrons. The highest BCUT2D eigenvalue weighted by molar-refractivity contribution is 6.53. The zero-order valence-electron chi connectivity index (χ0n) is 19.4. The van der Waals surface area contributed by atoms with Crippen LogP contribution in [0.5, 0.6) is 5.75 Å². The fraction of sp³-hybridized carbons (Fsp3) is 0.320. The predicted octanol–water partition coefficient (Wildman–Crippen LogP) is 4.47. The summed E-state index contributed by atoms with van der Waals surface area (Å²) >= 11 is 0. The van der Waals surface area contributed by atoms with Crippen LogP contribution >= 0.6 is 0 Å². The maximum Gasteiger partial charge on any atom is 0.176 e. The van der Waals surface area contributed by atoms with E-state index in [1.165, 1.54) is 0 Å². The molecular formula is C25H32N6O. The van der Waals surface area contributed by atoms with E-state index < -0.39 is 0 Å². The van der Waals surface area contributed by atoms with Gasteiger partial charge in [0, 0.05) is 31.8 Å². The Kier molecular flexibility index (Phi) is 7.78. The minimum absolute atomic E-state index is 0.0803. The van der Waals surface area contributed by atoms with Gasteiger partial charge in [-0.3, -0.25) is 5.41 Å². The summed E-state index contributed by atoms with van der Waals surface area (Å²) in [5.41, 5.74) is 4.61. The molecule has 168 valence electrons. The maximum absolute atomic E-state index is 8.63. The van der Waals surface area contributed by atoms with Crippen LogP contribution in [-0.4, -0.2) is 49.8 Å². The number of hydrogen-bond acceptors (Lipinski definition) is 7. The molecule has 7 heteroatoms. The molecule has 0 bridgehead atoms. The zero-order chi connectivity index (χ0) is 23.1. The van der Waals surface area contributed by atoms with E-state index in [1.807, 2.05) is 77.5 Å². The summed E-state index contributed by atoms with van der Waals surface area (Å²) in [6, 6.07) is 18.2. The first-order valence-corrected chi connectivity index (χ1v) is 10.7. The van der Waals surface area contributed by atoms with Crippen molar-refractivity contribution in [3.63, 3.8) is 0 Å². The minimum atomic E-state index is -0.0803. The number of benzene rings is 2. The molecule has 1 aliphatic heterocycles. The van der Waals surface area contributed by atoms with Gasteiger partial charge in [0.1, 0.15) is 17.6 Å².